The highest BCUT2D eigenvalue weighted by Crippen LogP contribution is 2.37. The van der Waals surface area contributed by atoms with Crippen molar-refractivity contribution in [1.29, 1.82) is 0 Å². The maximum Gasteiger partial charge on any atom is 0.290 e. The Labute approximate surface area is 117 Å². The van der Waals surface area contributed by atoms with Crippen molar-refractivity contribution < 1.29 is 4.79 Å². The average Bonchev–Trinajstić information content (AvgIpc) is 3.18. The van der Waals surface area contributed by atoms with Crippen molar-refractivity contribution in [2.45, 2.75) is 32.1 Å². The summed E-state index contributed by atoms with van der Waals surface area (Å²) in [5.41, 5.74) is 2.50. The molecule has 1 fully saturated rings. The van der Waals surface area contributed by atoms with Crippen LogP contribution in [0, 0.1) is 6.92 Å². The second-order valence-corrected chi connectivity index (χ2v) is 5.25. The van der Waals surface area contributed by atoms with Crippen molar-refractivity contribution in [3.8, 4) is 0 Å². The van der Waals surface area contributed by atoms with Gasteiger partial charge in [-0.2, -0.15) is 0 Å². The van der Waals surface area contributed by atoms with Crippen molar-refractivity contribution >= 4 is 5.91 Å². The number of rotatable bonds is 5. The number of benzene rings is 1. The molecule has 1 aliphatic rings. The van der Waals surface area contributed by atoms with Crippen LogP contribution in [0.15, 0.2) is 24.3 Å². The molecule has 104 valence electrons. The van der Waals surface area contributed by atoms with Gasteiger partial charge in [0.05, 0.1) is 0 Å². The first kappa shape index (κ1) is 12.8. The maximum atomic E-state index is 11.9. The van der Waals surface area contributed by atoms with Gasteiger partial charge in [0.15, 0.2) is 0 Å². The first-order valence-corrected chi connectivity index (χ1v) is 6.99. The van der Waals surface area contributed by atoms with Crippen LogP contribution in [0.5, 0.6) is 0 Å². The fourth-order valence-electron chi connectivity index (χ4n) is 2.20. The minimum atomic E-state index is -0.207. The van der Waals surface area contributed by atoms with Crippen molar-refractivity contribution in [2.75, 3.05) is 6.54 Å². The number of nitrogens with one attached hydrogen (secondary N) is 2. The van der Waals surface area contributed by atoms with E-state index in [4.69, 9.17) is 0 Å². The molecule has 0 radical (unpaired) electrons. The zero-order valence-corrected chi connectivity index (χ0v) is 11.5. The molecule has 0 bridgehead atoms. The fraction of sp³-hybridized carbons (Fsp3) is 0.400. The van der Waals surface area contributed by atoms with E-state index in [9.17, 15) is 4.79 Å². The lowest BCUT2D eigenvalue weighted by Gasteiger charge is -2.05. The van der Waals surface area contributed by atoms with Gasteiger partial charge in [0, 0.05) is 12.5 Å². The lowest BCUT2D eigenvalue weighted by atomic mass is 10.1. The van der Waals surface area contributed by atoms with Gasteiger partial charge < -0.3 is 5.32 Å². The standard InChI is InChI=1S/C15H18N4O/c1-10-4-2-3-5-11(10)8-9-16-15(20)14-17-13(18-19-14)12-6-7-12/h2-5,12H,6-9H2,1H3,(H,16,20)(H,17,18,19). The second kappa shape index (κ2) is 5.45. The summed E-state index contributed by atoms with van der Waals surface area (Å²) in [5, 5.41) is 9.68. The Kier molecular flexibility index (Phi) is 3.50. The van der Waals surface area contributed by atoms with Gasteiger partial charge in [0.2, 0.25) is 5.82 Å². The lowest BCUT2D eigenvalue weighted by molar-refractivity contribution is 0.0944. The Morgan fingerprint density at radius 2 is 2.20 bits per heavy atom. The Morgan fingerprint density at radius 3 is 2.95 bits per heavy atom. The van der Waals surface area contributed by atoms with Crippen LogP contribution in [0.25, 0.3) is 0 Å². The van der Waals surface area contributed by atoms with Gasteiger partial charge >= 0.3 is 0 Å². The quantitative estimate of drug-likeness (QED) is 0.872. The molecule has 1 heterocycles. The Hall–Kier alpha value is -2.17. The number of nitrogens with zero attached hydrogens (tertiary/aromatic N) is 2. The third-order valence-electron chi connectivity index (χ3n) is 3.61. The SMILES string of the molecule is Cc1ccccc1CCNC(=O)c1n[nH]c(C2CC2)n1. The predicted octanol–water partition coefficient (Wildman–Crippen LogP) is 1.96. The van der Waals surface area contributed by atoms with E-state index in [-0.39, 0.29) is 11.7 Å². The molecule has 1 saturated carbocycles. The Morgan fingerprint density at radius 1 is 1.40 bits per heavy atom. The molecule has 5 heteroatoms. The highest BCUT2D eigenvalue weighted by molar-refractivity contribution is 5.90. The first-order valence-electron chi connectivity index (χ1n) is 6.99. The summed E-state index contributed by atoms with van der Waals surface area (Å²) in [6.07, 6.45) is 3.10. The van der Waals surface area contributed by atoms with E-state index in [0.717, 1.165) is 25.1 Å². The number of aromatic amines is 1. The van der Waals surface area contributed by atoms with Gasteiger partial charge in [0.25, 0.3) is 5.91 Å². The van der Waals surface area contributed by atoms with Crippen LogP contribution < -0.4 is 5.32 Å². The number of H-pyrrole nitrogens is 1. The smallest absolute Gasteiger partial charge is 0.290 e. The number of hydrogen-bond donors (Lipinski definition) is 2. The highest BCUT2D eigenvalue weighted by Gasteiger charge is 2.28. The number of carbonyl (C=O) groups is 1. The van der Waals surface area contributed by atoms with E-state index in [1.807, 2.05) is 12.1 Å². The molecule has 0 unspecified atom stereocenters. The molecule has 1 aromatic carbocycles. The normalized spacial score (nSPS) is 14.2. The average molecular weight is 270 g/mol. The van der Waals surface area contributed by atoms with Gasteiger partial charge in [0.1, 0.15) is 5.82 Å². The monoisotopic (exact) mass is 270 g/mol. The summed E-state index contributed by atoms with van der Waals surface area (Å²) < 4.78 is 0. The van der Waals surface area contributed by atoms with Gasteiger partial charge in [-0.1, -0.05) is 24.3 Å². The number of hydrogen-bond acceptors (Lipinski definition) is 3. The van der Waals surface area contributed by atoms with Crippen molar-refractivity contribution in [3.63, 3.8) is 0 Å². The highest BCUT2D eigenvalue weighted by atomic mass is 16.2. The van der Waals surface area contributed by atoms with Crippen LogP contribution in [0.1, 0.15) is 46.3 Å². The van der Waals surface area contributed by atoms with Crippen LogP contribution >= 0.6 is 0 Å². The third kappa shape index (κ3) is 2.87. The van der Waals surface area contributed by atoms with E-state index in [1.54, 1.807) is 0 Å². The van der Waals surface area contributed by atoms with Crippen molar-refractivity contribution in [3.05, 3.63) is 47.0 Å². The van der Waals surface area contributed by atoms with Crippen molar-refractivity contribution in [2.24, 2.45) is 0 Å². The lowest BCUT2D eigenvalue weighted by Crippen LogP contribution is -2.26. The molecule has 1 amide bonds. The number of aromatic nitrogens is 3. The molecular formula is C15H18N4O. The summed E-state index contributed by atoms with van der Waals surface area (Å²) in [7, 11) is 0. The molecule has 2 aromatic rings. The van der Waals surface area contributed by atoms with E-state index in [0.29, 0.717) is 12.5 Å². The molecule has 5 nitrogen and oxygen atoms in total. The fourth-order valence-corrected chi connectivity index (χ4v) is 2.20. The topological polar surface area (TPSA) is 70.7 Å². The molecule has 3 rings (SSSR count). The molecule has 0 spiro atoms. The van der Waals surface area contributed by atoms with Crippen molar-refractivity contribution in [1.82, 2.24) is 20.5 Å². The molecule has 0 saturated heterocycles. The number of aryl methyl sites for hydroxylation is 1. The summed E-state index contributed by atoms with van der Waals surface area (Å²) in [6.45, 7) is 2.67. The van der Waals surface area contributed by atoms with E-state index >= 15 is 0 Å². The minimum absolute atomic E-state index is 0.207. The van der Waals surface area contributed by atoms with Gasteiger partial charge in [-0.3, -0.25) is 9.89 Å². The van der Waals surface area contributed by atoms with Crippen LogP contribution in [-0.4, -0.2) is 27.6 Å². The Balaban J connectivity index is 1.52. The molecule has 1 aliphatic carbocycles. The van der Waals surface area contributed by atoms with E-state index in [2.05, 4.69) is 39.6 Å². The van der Waals surface area contributed by atoms with Crippen LogP contribution in [-0.2, 0) is 6.42 Å². The molecule has 0 atom stereocenters. The zero-order chi connectivity index (χ0) is 13.9. The zero-order valence-electron chi connectivity index (χ0n) is 11.5. The largest absolute Gasteiger partial charge is 0.349 e. The van der Waals surface area contributed by atoms with E-state index in [1.165, 1.54) is 11.1 Å². The molecular weight excluding hydrogens is 252 g/mol. The molecule has 2 N–H and O–H groups in total. The van der Waals surface area contributed by atoms with Gasteiger partial charge in [-0.05, 0) is 37.3 Å². The second-order valence-electron chi connectivity index (χ2n) is 5.25. The van der Waals surface area contributed by atoms with Crippen LogP contribution in [0.2, 0.25) is 0 Å². The van der Waals surface area contributed by atoms with Crippen LogP contribution in [0.3, 0.4) is 0 Å². The summed E-state index contributed by atoms with van der Waals surface area (Å²) in [4.78, 5) is 16.2. The molecule has 1 aromatic heterocycles. The summed E-state index contributed by atoms with van der Waals surface area (Å²) in [6, 6.07) is 8.19. The summed E-state index contributed by atoms with van der Waals surface area (Å²) in [5.74, 6) is 1.36. The molecule has 0 aliphatic heterocycles. The van der Waals surface area contributed by atoms with Gasteiger partial charge in [-0.25, -0.2) is 4.98 Å². The summed E-state index contributed by atoms with van der Waals surface area (Å²) >= 11 is 0. The Bertz CT molecular complexity index is 616. The number of carbonyl (C=O) groups excluding carboxylic acids is 1. The minimum Gasteiger partial charge on any atom is -0.349 e. The third-order valence-corrected chi connectivity index (χ3v) is 3.61. The first-order chi connectivity index (χ1) is 9.74. The maximum absolute atomic E-state index is 11.9. The molecule has 20 heavy (non-hydrogen) atoms. The van der Waals surface area contributed by atoms with Crippen LogP contribution in [0.4, 0.5) is 0 Å². The van der Waals surface area contributed by atoms with E-state index < -0.39 is 0 Å². The predicted molar refractivity (Wildman–Crippen MR) is 75.6 cm³/mol. The van der Waals surface area contributed by atoms with Gasteiger partial charge in [-0.15, -0.1) is 5.10 Å². The number of amides is 1.